The first-order valence-corrected chi connectivity index (χ1v) is 10.1. The van der Waals surface area contributed by atoms with Crippen LogP contribution in [0.4, 0.5) is 11.4 Å². The van der Waals surface area contributed by atoms with Crippen molar-refractivity contribution >= 4 is 34.8 Å². The second kappa shape index (κ2) is 9.60. The summed E-state index contributed by atoms with van der Waals surface area (Å²) in [5.74, 6) is -0.187. The predicted octanol–water partition coefficient (Wildman–Crippen LogP) is 4.00. The Hall–Kier alpha value is -2.53. The maximum Gasteiger partial charge on any atom is 0.223 e. The molecule has 5 nitrogen and oxygen atoms in total. The number of amides is 2. The minimum atomic E-state index is -0.111. The van der Waals surface area contributed by atoms with Crippen molar-refractivity contribution in [3.05, 3.63) is 59.1 Å². The number of benzene rings is 2. The van der Waals surface area contributed by atoms with Gasteiger partial charge in [-0.05, 0) is 48.7 Å². The Labute approximate surface area is 171 Å². The van der Waals surface area contributed by atoms with Gasteiger partial charge in [0.1, 0.15) is 0 Å². The lowest BCUT2D eigenvalue weighted by Gasteiger charge is -2.23. The molecule has 3 rings (SSSR count). The van der Waals surface area contributed by atoms with Crippen molar-refractivity contribution in [2.24, 2.45) is 0 Å². The first kappa shape index (κ1) is 20.2. The van der Waals surface area contributed by atoms with Crippen LogP contribution in [-0.2, 0) is 16.1 Å². The van der Waals surface area contributed by atoms with Gasteiger partial charge >= 0.3 is 0 Å². The summed E-state index contributed by atoms with van der Waals surface area (Å²) in [6.07, 6.45) is 2.69. The van der Waals surface area contributed by atoms with Gasteiger partial charge in [-0.2, -0.15) is 0 Å². The molecule has 1 aliphatic heterocycles. The summed E-state index contributed by atoms with van der Waals surface area (Å²) in [7, 11) is 0. The third-order valence-electron chi connectivity index (χ3n) is 5.01. The molecule has 0 unspecified atom stereocenters. The zero-order chi connectivity index (χ0) is 19.9. The van der Waals surface area contributed by atoms with Crippen molar-refractivity contribution in [3.63, 3.8) is 0 Å². The molecule has 1 heterocycles. The van der Waals surface area contributed by atoms with Gasteiger partial charge in [0, 0.05) is 55.9 Å². The van der Waals surface area contributed by atoms with E-state index < -0.39 is 0 Å². The molecular weight excluding hydrogens is 374 g/mol. The highest BCUT2D eigenvalue weighted by Gasteiger charge is 2.16. The Bertz CT molecular complexity index is 817. The second-order valence-corrected chi connectivity index (χ2v) is 7.41. The molecule has 1 N–H and O–H groups in total. The van der Waals surface area contributed by atoms with Gasteiger partial charge in [0.05, 0.1) is 0 Å². The molecule has 0 radical (unpaired) electrons. The van der Waals surface area contributed by atoms with Crippen LogP contribution < -0.4 is 15.1 Å². The average molecular weight is 400 g/mol. The van der Waals surface area contributed by atoms with E-state index >= 15 is 0 Å². The minimum Gasteiger partial charge on any atom is -0.372 e. The summed E-state index contributed by atoms with van der Waals surface area (Å²) < 4.78 is 0. The van der Waals surface area contributed by atoms with E-state index in [4.69, 9.17) is 11.6 Å². The number of halogens is 1. The van der Waals surface area contributed by atoms with Crippen molar-refractivity contribution in [2.75, 3.05) is 29.4 Å². The summed E-state index contributed by atoms with van der Waals surface area (Å²) in [4.78, 5) is 28.3. The molecule has 0 bridgehead atoms. The number of hydrogen-bond donors (Lipinski definition) is 1. The molecule has 1 saturated heterocycles. The van der Waals surface area contributed by atoms with Crippen LogP contribution in [0.3, 0.4) is 0 Å². The van der Waals surface area contributed by atoms with E-state index in [0.29, 0.717) is 18.1 Å². The Balaban J connectivity index is 1.55. The first-order valence-electron chi connectivity index (χ1n) is 9.68. The molecule has 2 aromatic rings. The van der Waals surface area contributed by atoms with E-state index in [0.717, 1.165) is 24.3 Å². The number of carbonyl (C=O) groups is 2. The standard InChI is InChI=1S/C22H26ClN3O2/c1-17(27)26(20-10-8-19(9-11-20)25-13-4-5-14-25)15-12-22(28)24-16-18-6-2-3-7-21(18)23/h2-3,6-11H,4-5,12-16H2,1H3,(H,24,28). The molecule has 1 fully saturated rings. The first-order chi connectivity index (χ1) is 13.5. The lowest BCUT2D eigenvalue weighted by Crippen LogP contribution is -2.33. The molecule has 148 valence electrons. The SMILES string of the molecule is CC(=O)N(CCC(=O)NCc1ccccc1Cl)c1ccc(N2CCCC2)cc1. The van der Waals surface area contributed by atoms with Crippen molar-refractivity contribution in [3.8, 4) is 0 Å². The van der Waals surface area contributed by atoms with Crippen LogP contribution in [0.2, 0.25) is 5.02 Å². The molecule has 0 atom stereocenters. The van der Waals surface area contributed by atoms with Crippen LogP contribution in [0.5, 0.6) is 0 Å². The third-order valence-corrected chi connectivity index (χ3v) is 5.38. The van der Waals surface area contributed by atoms with Gasteiger partial charge in [-0.1, -0.05) is 29.8 Å². The minimum absolute atomic E-state index is 0.0761. The molecule has 6 heteroatoms. The van der Waals surface area contributed by atoms with E-state index in [1.807, 2.05) is 42.5 Å². The summed E-state index contributed by atoms with van der Waals surface area (Å²) in [5.41, 5.74) is 2.87. The summed E-state index contributed by atoms with van der Waals surface area (Å²) >= 11 is 6.11. The Kier molecular flexibility index (Phi) is 6.93. The fraction of sp³-hybridized carbons (Fsp3) is 0.364. The average Bonchev–Trinajstić information content (AvgIpc) is 3.22. The summed E-state index contributed by atoms with van der Waals surface area (Å²) in [5, 5.41) is 3.49. The van der Waals surface area contributed by atoms with Gasteiger partial charge in [0.15, 0.2) is 0 Å². The number of hydrogen-bond acceptors (Lipinski definition) is 3. The Morgan fingerprint density at radius 2 is 1.75 bits per heavy atom. The smallest absolute Gasteiger partial charge is 0.223 e. The highest BCUT2D eigenvalue weighted by molar-refractivity contribution is 6.31. The van der Waals surface area contributed by atoms with E-state index in [-0.39, 0.29) is 18.2 Å². The van der Waals surface area contributed by atoms with Crippen LogP contribution >= 0.6 is 11.6 Å². The summed E-state index contributed by atoms with van der Waals surface area (Å²) in [6.45, 7) is 4.41. The monoisotopic (exact) mass is 399 g/mol. The van der Waals surface area contributed by atoms with Crippen molar-refractivity contribution < 1.29 is 9.59 Å². The number of anilines is 2. The molecule has 2 amide bonds. The number of nitrogens with zero attached hydrogens (tertiary/aromatic N) is 2. The number of carbonyl (C=O) groups excluding carboxylic acids is 2. The lowest BCUT2D eigenvalue weighted by molar-refractivity contribution is -0.121. The Morgan fingerprint density at radius 3 is 2.39 bits per heavy atom. The highest BCUT2D eigenvalue weighted by Crippen LogP contribution is 2.24. The zero-order valence-corrected chi connectivity index (χ0v) is 16.9. The normalized spacial score (nSPS) is 13.4. The number of rotatable bonds is 7. The van der Waals surface area contributed by atoms with E-state index in [9.17, 15) is 9.59 Å². The van der Waals surface area contributed by atoms with E-state index in [1.54, 1.807) is 11.0 Å². The predicted molar refractivity (Wildman–Crippen MR) is 114 cm³/mol. The van der Waals surface area contributed by atoms with Crippen molar-refractivity contribution in [1.82, 2.24) is 5.32 Å². The quantitative estimate of drug-likeness (QED) is 0.765. The van der Waals surface area contributed by atoms with Gasteiger partial charge in [0.2, 0.25) is 11.8 Å². The second-order valence-electron chi connectivity index (χ2n) is 7.00. The molecule has 28 heavy (non-hydrogen) atoms. The van der Waals surface area contributed by atoms with Crippen LogP contribution in [0.15, 0.2) is 48.5 Å². The van der Waals surface area contributed by atoms with Crippen LogP contribution in [0.25, 0.3) is 0 Å². The molecule has 0 aromatic heterocycles. The molecule has 0 saturated carbocycles. The highest BCUT2D eigenvalue weighted by atomic mass is 35.5. The van der Waals surface area contributed by atoms with E-state index in [1.165, 1.54) is 25.5 Å². The number of nitrogens with one attached hydrogen (secondary N) is 1. The fourth-order valence-corrected chi connectivity index (χ4v) is 3.63. The van der Waals surface area contributed by atoms with Crippen molar-refractivity contribution in [1.29, 1.82) is 0 Å². The maximum absolute atomic E-state index is 12.2. The zero-order valence-electron chi connectivity index (χ0n) is 16.2. The maximum atomic E-state index is 12.2. The van der Waals surface area contributed by atoms with Gasteiger partial charge in [-0.15, -0.1) is 0 Å². The molecule has 1 aliphatic rings. The van der Waals surface area contributed by atoms with Gasteiger partial charge < -0.3 is 15.1 Å². The largest absolute Gasteiger partial charge is 0.372 e. The van der Waals surface area contributed by atoms with Crippen LogP contribution in [0.1, 0.15) is 31.7 Å². The fourth-order valence-electron chi connectivity index (χ4n) is 3.42. The topological polar surface area (TPSA) is 52.7 Å². The van der Waals surface area contributed by atoms with Crippen molar-refractivity contribution in [2.45, 2.75) is 32.7 Å². The van der Waals surface area contributed by atoms with Gasteiger partial charge in [-0.25, -0.2) is 0 Å². The third kappa shape index (κ3) is 5.26. The van der Waals surface area contributed by atoms with Gasteiger partial charge in [-0.3, -0.25) is 9.59 Å². The van der Waals surface area contributed by atoms with E-state index in [2.05, 4.69) is 10.2 Å². The summed E-state index contributed by atoms with van der Waals surface area (Å²) in [6, 6.07) is 15.4. The molecule has 2 aromatic carbocycles. The Morgan fingerprint density at radius 1 is 1.07 bits per heavy atom. The van der Waals surface area contributed by atoms with Crippen LogP contribution in [-0.4, -0.2) is 31.4 Å². The lowest BCUT2D eigenvalue weighted by atomic mass is 10.2. The molecule has 0 aliphatic carbocycles. The van der Waals surface area contributed by atoms with Crippen LogP contribution in [0, 0.1) is 0 Å². The molecule has 0 spiro atoms. The van der Waals surface area contributed by atoms with Gasteiger partial charge in [0.25, 0.3) is 0 Å². The molecular formula is C22H26ClN3O2.